The van der Waals surface area contributed by atoms with Gasteiger partial charge in [-0.3, -0.25) is 14.3 Å². The molecule has 8 nitrogen and oxygen atoms in total. The summed E-state index contributed by atoms with van der Waals surface area (Å²) >= 11 is 0. The van der Waals surface area contributed by atoms with Crippen molar-refractivity contribution in [3.05, 3.63) is 47.8 Å². The number of aryl methyl sites for hydroxylation is 1. The lowest BCUT2D eigenvalue weighted by atomic mass is 9.74. The van der Waals surface area contributed by atoms with Crippen molar-refractivity contribution >= 4 is 11.8 Å². The maximum Gasteiger partial charge on any atom is 0.242 e. The van der Waals surface area contributed by atoms with Crippen molar-refractivity contribution in [1.82, 2.24) is 30.9 Å². The molecule has 1 unspecified atom stereocenters. The topological polar surface area (TPSA) is 101 Å². The lowest BCUT2D eigenvalue weighted by Crippen LogP contribution is -2.55. The predicted molar refractivity (Wildman–Crippen MR) is 108 cm³/mol. The van der Waals surface area contributed by atoms with Crippen molar-refractivity contribution in [3.8, 4) is 0 Å². The highest BCUT2D eigenvalue weighted by Crippen LogP contribution is 2.33. The zero-order valence-electron chi connectivity index (χ0n) is 16.6. The molecule has 1 aromatic carbocycles. The summed E-state index contributed by atoms with van der Waals surface area (Å²) in [6.07, 6.45) is 5.13. The first-order chi connectivity index (χ1) is 14.1. The Balaban J connectivity index is 1.61. The molecule has 1 aromatic heterocycles. The summed E-state index contributed by atoms with van der Waals surface area (Å²) in [4.78, 5) is 26.4. The van der Waals surface area contributed by atoms with Gasteiger partial charge in [0, 0.05) is 32.1 Å². The number of piperidine rings is 1. The van der Waals surface area contributed by atoms with Crippen LogP contribution in [0, 0.1) is 5.41 Å². The third-order valence-electron chi connectivity index (χ3n) is 5.92. The van der Waals surface area contributed by atoms with Crippen molar-refractivity contribution < 1.29 is 9.59 Å². The summed E-state index contributed by atoms with van der Waals surface area (Å²) in [5, 5.41) is 17.9. The van der Waals surface area contributed by atoms with Gasteiger partial charge >= 0.3 is 0 Å². The SMILES string of the molecule is O=C1NCCCn2cc(nn2)CC2(CCNCC2)C(=O)NC1Cc1ccccc1. The van der Waals surface area contributed by atoms with Crippen LogP contribution in [0.5, 0.6) is 0 Å². The van der Waals surface area contributed by atoms with Gasteiger partial charge in [-0.25, -0.2) is 0 Å². The van der Waals surface area contributed by atoms with Crippen LogP contribution in [0.4, 0.5) is 0 Å². The number of aromatic nitrogens is 3. The van der Waals surface area contributed by atoms with E-state index >= 15 is 0 Å². The molecular weight excluding hydrogens is 368 g/mol. The molecule has 2 aliphatic heterocycles. The van der Waals surface area contributed by atoms with E-state index in [1.165, 1.54) is 0 Å². The van der Waals surface area contributed by atoms with Crippen molar-refractivity contribution in [2.45, 2.75) is 44.7 Å². The highest BCUT2D eigenvalue weighted by atomic mass is 16.2. The van der Waals surface area contributed by atoms with E-state index in [9.17, 15) is 9.59 Å². The lowest BCUT2D eigenvalue weighted by molar-refractivity contribution is -0.136. The Hall–Kier alpha value is -2.74. The fourth-order valence-electron chi connectivity index (χ4n) is 4.21. The smallest absolute Gasteiger partial charge is 0.242 e. The Morgan fingerprint density at radius 3 is 2.69 bits per heavy atom. The molecule has 4 rings (SSSR count). The molecule has 1 fully saturated rings. The Labute approximate surface area is 170 Å². The van der Waals surface area contributed by atoms with E-state index in [0.717, 1.165) is 30.8 Å². The number of nitrogens with one attached hydrogen (secondary N) is 3. The molecule has 0 radical (unpaired) electrons. The highest BCUT2D eigenvalue weighted by Gasteiger charge is 2.41. The summed E-state index contributed by atoms with van der Waals surface area (Å²) in [5.74, 6) is -0.201. The van der Waals surface area contributed by atoms with E-state index in [0.29, 0.717) is 38.8 Å². The number of fused-ring (bicyclic) bond motifs is 2. The third kappa shape index (κ3) is 4.64. The number of nitrogens with zero attached hydrogens (tertiary/aromatic N) is 3. The second-order valence-electron chi connectivity index (χ2n) is 8.04. The quantitative estimate of drug-likeness (QED) is 0.684. The van der Waals surface area contributed by atoms with Gasteiger partial charge in [0.05, 0.1) is 11.1 Å². The third-order valence-corrected chi connectivity index (χ3v) is 5.92. The molecule has 29 heavy (non-hydrogen) atoms. The van der Waals surface area contributed by atoms with Gasteiger partial charge in [-0.1, -0.05) is 35.5 Å². The molecule has 2 aromatic rings. The number of rotatable bonds is 2. The van der Waals surface area contributed by atoms with Gasteiger partial charge in [-0.2, -0.15) is 0 Å². The average Bonchev–Trinajstić information content (AvgIpc) is 3.18. The van der Waals surface area contributed by atoms with Crippen LogP contribution in [0.15, 0.2) is 36.5 Å². The maximum atomic E-state index is 13.5. The average molecular weight is 396 g/mol. The normalized spacial score (nSPS) is 22.7. The Bertz CT molecular complexity index is 844. The molecular formula is C21H28N6O2. The standard InChI is InChI=1S/C21H28N6O2/c28-19-18(13-16-5-2-1-3-6-16)24-20(29)21(7-10-22-11-8-21)14-17-15-27(26-25-17)12-4-9-23-19/h1-3,5-6,15,18,22H,4,7-14H2,(H,23,28)(H,24,29). The van der Waals surface area contributed by atoms with E-state index in [-0.39, 0.29) is 11.8 Å². The molecule has 154 valence electrons. The van der Waals surface area contributed by atoms with Gasteiger partial charge in [0.2, 0.25) is 11.8 Å². The number of benzene rings is 1. The molecule has 2 aliphatic rings. The monoisotopic (exact) mass is 396 g/mol. The van der Waals surface area contributed by atoms with Crippen LogP contribution >= 0.6 is 0 Å². The van der Waals surface area contributed by atoms with Gasteiger partial charge in [0.25, 0.3) is 0 Å². The molecule has 0 saturated carbocycles. The minimum absolute atomic E-state index is 0.0659. The summed E-state index contributed by atoms with van der Waals surface area (Å²) in [6, 6.07) is 9.22. The minimum Gasteiger partial charge on any atom is -0.354 e. The molecule has 1 saturated heterocycles. The predicted octanol–water partition coefficient (Wildman–Crippen LogP) is 0.438. The van der Waals surface area contributed by atoms with Gasteiger partial charge in [-0.15, -0.1) is 5.10 Å². The first kappa shape index (κ1) is 19.6. The van der Waals surface area contributed by atoms with Crippen LogP contribution < -0.4 is 16.0 Å². The highest BCUT2D eigenvalue weighted by molar-refractivity contribution is 5.90. The Morgan fingerprint density at radius 2 is 1.90 bits per heavy atom. The Morgan fingerprint density at radius 1 is 1.10 bits per heavy atom. The molecule has 1 spiro atoms. The van der Waals surface area contributed by atoms with Crippen LogP contribution in [-0.4, -0.2) is 52.5 Å². The van der Waals surface area contributed by atoms with Crippen LogP contribution in [0.1, 0.15) is 30.5 Å². The molecule has 3 heterocycles. The van der Waals surface area contributed by atoms with Crippen molar-refractivity contribution in [2.24, 2.45) is 5.41 Å². The van der Waals surface area contributed by atoms with Crippen LogP contribution in [0.25, 0.3) is 0 Å². The van der Waals surface area contributed by atoms with Gasteiger partial charge < -0.3 is 16.0 Å². The second kappa shape index (κ2) is 8.73. The minimum atomic E-state index is -0.592. The summed E-state index contributed by atoms with van der Waals surface area (Å²) in [5.41, 5.74) is 1.29. The molecule has 0 aliphatic carbocycles. The number of hydrogen-bond donors (Lipinski definition) is 3. The van der Waals surface area contributed by atoms with E-state index in [1.54, 1.807) is 4.68 Å². The molecule has 1 atom stereocenters. The number of hydrogen-bond acceptors (Lipinski definition) is 5. The van der Waals surface area contributed by atoms with E-state index in [1.807, 2.05) is 36.5 Å². The van der Waals surface area contributed by atoms with Crippen molar-refractivity contribution in [3.63, 3.8) is 0 Å². The second-order valence-corrected chi connectivity index (χ2v) is 8.04. The molecule has 2 amide bonds. The zero-order chi connectivity index (χ0) is 20.1. The first-order valence-corrected chi connectivity index (χ1v) is 10.4. The van der Waals surface area contributed by atoms with E-state index in [2.05, 4.69) is 26.3 Å². The maximum absolute atomic E-state index is 13.5. The Kier molecular flexibility index (Phi) is 5.89. The molecule has 3 N–H and O–H groups in total. The van der Waals surface area contributed by atoms with Crippen LogP contribution in [0.2, 0.25) is 0 Å². The molecule has 8 heteroatoms. The number of carbonyl (C=O) groups excluding carboxylic acids is 2. The van der Waals surface area contributed by atoms with Crippen molar-refractivity contribution in [1.29, 1.82) is 0 Å². The van der Waals surface area contributed by atoms with E-state index < -0.39 is 11.5 Å². The summed E-state index contributed by atoms with van der Waals surface area (Å²) in [7, 11) is 0. The fraction of sp³-hybridized carbons (Fsp3) is 0.524. The first-order valence-electron chi connectivity index (χ1n) is 10.4. The number of carbonyl (C=O) groups is 2. The van der Waals surface area contributed by atoms with Crippen molar-refractivity contribution in [2.75, 3.05) is 19.6 Å². The van der Waals surface area contributed by atoms with Gasteiger partial charge in [0.1, 0.15) is 6.04 Å². The van der Waals surface area contributed by atoms with Crippen LogP contribution in [-0.2, 0) is 29.0 Å². The van der Waals surface area contributed by atoms with Gasteiger partial charge in [0.15, 0.2) is 0 Å². The number of amides is 2. The van der Waals surface area contributed by atoms with E-state index in [4.69, 9.17) is 0 Å². The van der Waals surface area contributed by atoms with Gasteiger partial charge in [-0.05, 0) is 37.9 Å². The summed E-state index contributed by atoms with van der Waals surface area (Å²) in [6.45, 7) is 2.77. The lowest BCUT2D eigenvalue weighted by Gasteiger charge is -2.36. The summed E-state index contributed by atoms with van der Waals surface area (Å²) < 4.78 is 1.80. The zero-order valence-corrected chi connectivity index (χ0v) is 16.6. The van der Waals surface area contributed by atoms with Crippen LogP contribution in [0.3, 0.4) is 0 Å². The fourth-order valence-corrected chi connectivity index (χ4v) is 4.21. The largest absolute Gasteiger partial charge is 0.354 e. The molecule has 2 bridgehead atoms.